The molecule has 1 heterocycles. The lowest BCUT2D eigenvalue weighted by Gasteiger charge is -2.50. The molecule has 0 spiro atoms. The SMILES string of the molecule is CC(C)(C)OC(=O)N1CCC(O)(C2(N)CCCCC2)CC1. The fraction of sp³-hybridized carbons (Fsp3) is 0.938. The first-order chi connectivity index (χ1) is 9.65. The van der Waals surface area contributed by atoms with E-state index in [1.807, 2.05) is 20.8 Å². The van der Waals surface area contributed by atoms with E-state index in [9.17, 15) is 9.90 Å². The number of rotatable bonds is 1. The number of amides is 1. The Hall–Kier alpha value is -0.810. The number of piperidine rings is 1. The maximum Gasteiger partial charge on any atom is 0.410 e. The minimum atomic E-state index is -0.841. The van der Waals surface area contributed by atoms with Crippen LogP contribution in [0.3, 0.4) is 0 Å². The summed E-state index contributed by atoms with van der Waals surface area (Å²) in [5.41, 5.74) is 4.70. The first-order valence-corrected chi connectivity index (χ1v) is 8.14. The van der Waals surface area contributed by atoms with Gasteiger partial charge in [0.1, 0.15) is 5.60 Å². The number of hydrogen-bond acceptors (Lipinski definition) is 4. The number of likely N-dealkylation sites (tertiary alicyclic amines) is 1. The quantitative estimate of drug-likeness (QED) is 0.779. The summed E-state index contributed by atoms with van der Waals surface area (Å²) in [5.74, 6) is 0. The molecule has 1 saturated carbocycles. The van der Waals surface area contributed by atoms with E-state index in [0.717, 1.165) is 25.7 Å². The van der Waals surface area contributed by atoms with Crippen molar-refractivity contribution in [3.05, 3.63) is 0 Å². The zero-order chi connectivity index (χ0) is 15.7. The summed E-state index contributed by atoms with van der Waals surface area (Å²) in [4.78, 5) is 13.8. The molecular formula is C16H30N2O3. The maximum atomic E-state index is 12.1. The predicted molar refractivity (Wildman–Crippen MR) is 82.0 cm³/mol. The van der Waals surface area contributed by atoms with Gasteiger partial charge in [-0.2, -0.15) is 0 Å². The molecule has 1 aliphatic carbocycles. The molecule has 0 aromatic carbocycles. The molecular weight excluding hydrogens is 268 g/mol. The number of nitrogens with zero attached hydrogens (tertiary/aromatic N) is 1. The third-order valence-electron chi connectivity index (χ3n) is 4.91. The highest BCUT2D eigenvalue weighted by Gasteiger charge is 2.49. The van der Waals surface area contributed by atoms with Crippen molar-refractivity contribution in [1.29, 1.82) is 0 Å². The van der Waals surface area contributed by atoms with Crippen molar-refractivity contribution in [3.63, 3.8) is 0 Å². The van der Waals surface area contributed by atoms with E-state index >= 15 is 0 Å². The number of aliphatic hydroxyl groups is 1. The summed E-state index contributed by atoms with van der Waals surface area (Å²) in [7, 11) is 0. The molecule has 1 saturated heterocycles. The first kappa shape index (κ1) is 16.6. The zero-order valence-corrected chi connectivity index (χ0v) is 13.7. The third-order valence-corrected chi connectivity index (χ3v) is 4.91. The Kier molecular flexibility index (Phi) is 4.54. The van der Waals surface area contributed by atoms with E-state index in [2.05, 4.69) is 0 Å². The highest BCUT2D eigenvalue weighted by atomic mass is 16.6. The van der Waals surface area contributed by atoms with Crippen LogP contribution in [-0.2, 0) is 4.74 Å². The molecule has 0 bridgehead atoms. The van der Waals surface area contributed by atoms with E-state index in [-0.39, 0.29) is 6.09 Å². The van der Waals surface area contributed by atoms with Gasteiger partial charge in [0.05, 0.1) is 5.60 Å². The van der Waals surface area contributed by atoms with Crippen molar-refractivity contribution in [1.82, 2.24) is 4.90 Å². The van der Waals surface area contributed by atoms with Crippen molar-refractivity contribution >= 4 is 6.09 Å². The molecule has 5 nitrogen and oxygen atoms in total. The molecule has 2 aliphatic rings. The van der Waals surface area contributed by atoms with Crippen LogP contribution in [0.1, 0.15) is 65.7 Å². The van der Waals surface area contributed by atoms with Gasteiger partial charge in [-0.1, -0.05) is 19.3 Å². The van der Waals surface area contributed by atoms with Gasteiger partial charge in [0, 0.05) is 18.6 Å². The Balaban J connectivity index is 1.94. The van der Waals surface area contributed by atoms with E-state index in [1.165, 1.54) is 6.42 Å². The minimum absolute atomic E-state index is 0.292. The second-order valence-electron chi connectivity index (χ2n) is 7.72. The Morgan fingerprint density at radius 3 is 2.10 bits per heavy atom. The summed E-state index contributed by atoms with van der Waals surface area (Å²) in [6.07, 6.45) is 5.96. The molecule has 0 unspecified atom stereocenters. The van der Waals surface area contributed by atoms with Gasteiger partial charge >= 0.3 is 6.09 Å². The Morgan fingerprint density at radius 1 is 1.10 bits per heavy atom. The molecule has 3 N–H and O–H groups in total. The van der Waals surface area contributed by atoms with E-state index in [1.54, 1.807) is 4.90 Å². The highest BCUT2D eigenvalue weighted by molar-refractivity contribution is 5.68. The molecule has 1 aliphatic heterocycles. The normalized spacial score (nSPS) is 25.5. The lowest BCUT2D eigenvalue weighted by molar-refractivity contribution is -0.0920. The van der Waals surface area contributed by atoms with Crippen LogP contribution in [0.2, 0.25) is 0 Å². The fourth-order valence-corrected chi connectivity index (χ4v) is 3.53. The van der Waals surface area contributed by atoms with Crippen molar-refractivity contribution in [2.45, 2.75) is 82.5 Å². The van der Waals surface area contributed by atoms with Crippen LogP contribution < -0.4 is 5.73 Å². The molecule has 21 heavy (non-hydrogen) atoms. The lowest BCUT2D eigenvalue weighted by Crippen LogP contribution is -2.65. The van der Waals surface area contributed by atoms with Crippen LogP contribution in [0.5, 0.6) is 0 Å². The molecule has 0 aromatic heterocycles. The maximum absolute atomic E-state index is 12.1. The lowest BCUT2D eigenvalue weighted by atomic mass is 9.66. The van der Waals surface area contributed by atoms with Gasteiger partial charge in [-0.3, -0.25) is 0 Å². The number of nitrogens with two attached hydrogens (primary N) is 1. The van der Waals surface area contributed by atoms with Crippen LogP contribution in [0.15, 0.2) is 0 Å². The van der Waals surface area contributed by atoms with E-state index in [4.69, 9.17) is 10.5 Å². The largest absolute Gasteiger partial charge is 0.444 e. The minimum Gasteiger partial charge on any atom is -0.444 e. The second kappa shape index (κ2) is 5.76. The molecule has 2 fully saturated rings. The highest BCUT2D eigenvalue weighted by Crippen LogP contribution is 2.40. The number of ether oxygens (including phenoxy) is 1. The van der Waals surface area contributed by atoms with Crippen LogP contribution >= 0.6 is 0 Å². The molecule has 0 aromatic rings. The molecule has 2 rings (SSSR count). The Morgan fingerprint density at radius 2 is 1.62 bits per heavy atom. The van der Waals surface area contributed by atoms with Crippen molar-refractivity contribution in [2.75, 3.05) is 13.1 Å². The van der Waals surface area contributed by atoms with Gasteiger partial charge < -0.3 is 20.5 Å². The molecule has 1 amide bonds. The monoisotopic (exact) mass is 298 g/mol. The predicted octanol–water partition coefficient (Wildman–Crippen LogP) is 2.41. The van der Waals surface area contributed by atoms with Gasteiger partial charge in [0.2, 0.25) is 0 Å². The fourth-order valence-electron chi connectivity index (χ4n) is 3.53. The number of carbonyl (C=O) groups is 1. The van der Waals surface area contributed by atoms with Gasteiger partial charge in [0.15, 0.2) is 0 Å². The molecule has 122 valence electrons. The van der Waals surface area contributed by atoms with Crippen molar-refractivity contribution in [2.24, 2.45) is 5.73 Å². The summed E-state index contributed by atoms with van der Waals surface area (Å²) in [5, 5.41) is 11.0. The van der Waals surface area contributed by atoms with Gasteiger partial charge in [0.25, 0.3) is 0 Å². The number of carbonyl (C=O) groups excluding carboxylic acids is 1. The first-order valence-electron chi connectivity index (χ1n) is 8.14. The van der Waals surface area contributed by atoms with Crippen LogP contribution in [0, 0.1) is 0 Å². The van der Waals surface area contributed by atoms with Crippen LogP contribution in [-0.4, -0.2) is 45.9 Å². The topological polar surface area (TPSA) is 75.8 Å². The van der Waals surface area contributed by atoms with Gasteiger partial charge in [-0.05, 0) is 46.5 Å². The van der Waals surface area contributed by atoms with Crippen LogP contribution in [0.25, 0.3) is 0 Å². The van der Waals surface area contributed by atoms with Crippen molar-refractivity contribution in [3.8, 4) is 0 Å². The second-order valence-corrected chi connectivity index (χ2v) is 7.72. The summed E-state index contributed by atoms with van der Waals surface area (Å²) in [6.45, 7) is 6.63. The molecule has 0 atom stereocenters. The van der Waals surface area contributed by atoms with Gasteiger partial charge in [-0.25, -0.2) is 4.79 Å². The van der Waals surface area contributed by atoms with Crippen LogP contribution in [0.4, 0.5) is 4.79 Å². The van der Waals surface area contributed by atoms with Crippen molar-refractivity contribution < 1.29 is 14.6 Å². The van der Waals surface area contributed by atoms with Gasteiger partial charge in [-0.15, -0.1) is 0 Å². The van der Waals surface area contributed by atoms with E-state index in [0.29, 0.717) is 25.9 Å². The average molecular weight is 298 g/mol. The molecule has 5 heteroatoms. The zero-order valence-electron chi connectivity index (χ0n) is 13.7. The summed E-state index contributed by atoms with van der Waals surface area (Å²) < 4.78 is 5.39. The summed E-state index contributed by atoms with van der Waals surface area (Å²) in [6, 6.07) is 0. The Bertz CT molecular complexity index is 375. The number of hydrogen-bond donors (Lipinski definition) is 2. The standard InChI is InChI=1S/C16H30N2O3/c1-14(2,3)21-13(19)18-11-9-16(20,10-12-18)15(17)7-5-4-6-8-15/h20H,4-12,17H2,1-3H3. The summed E-state index contributed by atoms with van der Waals surface area (Å²) >= 11 is 0. The third kappa shape index (κ3) is 3.69. The Labute approximate surface area is 127 Å². The average Bonchev–Trinajstić information content (AvgIpc) is 2.38. The smallest absolute Gasteiger partial charge is 0.410 e. The molecule has 0 radical (unpaired) electrons. The van der Waals surface area contributed by atoms with E-state index < -0.39 is 16.7 Å².